The number of carbonyl (C=O) groups excluding carboxylic acids is 1. The molecule has 2 unspecified atom stereocenters. The number of hydrogen-bond donors (Lipinski definition) is 0. The molecule has 1 aliphatic rings. The minimum Gasteiger partial charge on any atom is -0.337 e. The number of hydrogen-bond acceptors (Lipinski definition) is 3. The van der Waals surface area contributed by atoms with Gasteiger partial charge in [0.2, 0.25) is 0 Å². The predicted molar refractivity (Wildman–Crippen MR) is 83.5 cm³/mol. The van der Waals surface area contributed by atoms with Gasteiger partial charge in [-0.05, 0) is 31.0 Å². The molecule has 1 saturated carbocycles. The summed E-state index contributed by atoms with van der Waals surface area (Å²) in [7, 11) is 1.84. The zero-order chi connectivity index (χ0) is 14.8. The lowest BCUT2D eigenvalue weighted by Gasteiger charge is -2.35. The Kier molecular flexibility index (Phi) is 4.06. The molecule has 21 heavy (non-hydrogen) atoms. The van der Waals surface area contributed by atoms with Crippen LogP contribution in [0.3, 0.4) is 0 Å². The van der Waals surface area contributed by atoms with Gasteiger partial charge in [0.1, 0.15) is 0 Å². The van der Waals surface area contributed by atoms with Crippen LogP contribution in [0.5, 0.6) is 0 Å². The van der Waals surface area contributed by atoms with Crippen LogP contribution >= 0.6 is 11.6 Å². The minimum absolute atomic E-state index is 0.0000954. The monoisotopic (exact) mass is 303 g/mol. The van der Waals surface area contributed by atoms with Gasteiger partial charge in [-0.25, -0.2) is 0 Å². The fourth-order valence-corrected chi connectivity index (χ4v) is 3.40. The van der Waals surface area contributed by atoms with Gasteiger partial charge in [0.15, 0.2) is 0 Å². The van der Waals surface area contributed by atoms with Gasteiger partial charge in [-0.15, -0.1) is 11.6 Å². The van der Waals surface area contributed by atoms with Crippen molar-refractivity contribution in [1.29, 1.82) is 0 Å². The Bertz CT molecular complexity index is 661. The highest BCUT2D eigenvalue weighted by Gasteiger charge is 2.29. The second-order valence-electron chi connectivity index (χ2n) is 5.54. The highest BCUT2D eigenvalue weighted by Crippen LogP contribution is 2.27. The molecular weight excluding hydrogens is 286 g/mol. The summed E-state index contributed by atoms with van der Waals surface area (Å²) >= 11 is 6.39. The van der Waals surface area contributed by atoms with Crippen LogP contribution in [0.2, 0.25) is 0 Å². The summed E-state index contributed by atoms with van der Waals surface area (Å²) in [6.45, 7) is 0. The second-order valence-corrected chi connectivity index (χ2v) is 6.10. The van der Waals surface area contributed by atoms with Crippen LogP contribution in [0, 0.1) is 0 Å². The molecule has 0 radical (unpaired) electrons. The van der Waals surface area contributed by atoms with E-state index in [1.165, 1.54) is 0 Å². The number of aromatic nitrogens is 2. The first-order valence-corrected chi connectivity index (χ1v) is 7.72. The summed E-state index contributed by atoms with van der Waals surface area (Å²) < 4.78 is 0. The summed E-state index contributed by atoms with van der Waals surface area (Å²) in [5.74, 6) is 0.0000954. The fraction of sp³-hybridized carbons (Fsp3) is 0.438. The van der Waals surface area contributed by atoms with E-state index in [0.717, 1.165) is 36.7 Å². The van der Waals surface area contributed by atoms with Crippen molar-refractivity contribution in [2.24, 2.45) is 0 Å². The predicted octanol–water partition coefficient (Wildman–Crippen LogP) is 3.25. The van der Waals surface area contributed by atoms with Gasteiger partial charge in [-0.1, -0.05) is 12.8 Å². The van der Waals surface area contributed by atoms with E-state index >= 15 is 0 Å². The van der Waals surface area contributed by atoms with Crippen LogP contribution in [0.15, 0.2) is 30.6 Å². The molecular formula is C16H18ClN3O. The molecule has 1 aromatic heterocycles. The van der Waals surface area contributed by atoms with Gasteiger partial charge in [0.05, 0.1) is 16.4 Å². The fourth-order valence-electron chi connectivity index (χ4n) is 2.95. The summed E-state index contributed by atoms with van der Waals surface area (Å²) in [5.41, 5.74) is 2.17. The molecule has 2 atom stereocenters. The van der Waals surface area contributed by atoms with E-state index in [0.29, 0.717) is 5.56 Å². The maximum atomic E-state index is 12.7. The zero-order valence-corrected chi connectivity index (χ0v) is 12.8. The highest BCUT2D eigenvalue weighted by atomic mass is 35.5. The lowest BCUT2D eigenvalue weighted by molar-refractivity contribution is 0.0700. The van der Waals surface area contributed by atoms with E-state index in [1.807, 2.05) is 19.2 Å². The maximum Gasteiger partial charge on any atom is 0.253 e. The van der Waals surface area contributed by atoms with Crippen molar-refractivity contribution < 1.29 is 4.79 Å². The normalized spacial score (nSPS) is 22.2. The summed E-state index contributed by atoms with van der Waals surface area (Å²) in [5, 5.41) is 0.0490. The van der Waals surface area contributed by atoms with Gasteiger partial charge in [-0.3, -0.25) is 14.8 Å². The molecule has 110 valence electrons. The molecule has 2 aromatic rings. The van der Waals surface area contributed by atoms with E-state index in [9.17, 15) is 4.79 Å². The third-order valence-electron chi connectivity index (χ3n) is 4.18. The van der Waals surface area contributed by atoms with Crippen LogP contribution in [0.25, 0.3) is 11.0 Å². The van der Waals surface area contributed by atoms with E-state index in [4.69, 9.17) is 11.6 Å². The molecule has 0 saturated heterocycles. The molecule has 0 bridgehead atoms. The molecule has 1 aromatic carbocycles. The zero-order valence-electron chi connectivity index (χ0n) is 12.0. The molecule has 1 amide bonds. The first-order chi connectivity index (χ1) is 10.2. The van der Waals surface area contributed by atoms with Crippen LogP contribution in [-0.2, 0) is 0 Å². The Morgan fingerprint density at radius 2 is 1.90 bits per heavy atom. The van der Waals surface area contributed by atoms with Crippen molar-refractivity contribution in [3.8, 4) is 0 Å². The average molecular weight is 304 g/mol. The topological polar surface area (TPSA) is 46.1 Å². The molecule has 5 heteroatoms. The highest BCUT2D eigenvalue weighted by molar-refractivity contribution is 6.21. The number of halogens is 1. The average Bonchev–Trinajstić information content (AvgIpc) is 2.53. The second kappa shape index (κ2) is 5.98. The standard InChI is InChI=1S/C16H18ClN3O/c1-20(15-5-3-2-4-12(15)17)16(21)11-6-7-13-14(10-11)19-9-8-18-13/h6-10,12,15H,2-5H2,1H3. The number of rotatable bonds is 2. The largest absolute Gasteiger partial charge is 0.337 e. The van der Waals surface area contributed by atoms with Gasteiger partial charge >= 0.3 is 0 Å². The van der Waals surface area contributed by atoms with E-state index in [2.05, 4.69) is 9.97 Å². The quantitative estimate of drug-likeness (QED) is 0.800. The molecule has 1 heterocycles. The number of amides is 1. The van der Waals surface area contributed by atoms with E-state index < -0.39 is 0 Å². The summed E-state index contributed by atoms with van der Waals surface area (Å²) in [4.78, 5) is 22.9. The Morgan fingerprint density at radius 1 is 1.19 bits per heavy atom. The maximum absolute atomic E-state index is 12.7. The van der Waals surface area contributed by atoms with Crippen LogP contribution in [0.1, 0.15) is 36.0 Å². The van der Waals surface area contributed by atoms with E-state index in [1.54, 1.807) is 23.4 Å². The van der Waals surface area contributed by atoms with E-state index in [-0.39, 0.29) is 17.3 Å². The smallest absolute Gasteiger partial charge is 0.253 e. The first kappa shape index (κ1) is 14.3. The molecule has 0 N–H and O–H groups in total. The van der Waals surface area contributed by atoms with Gasteiger partial charge in [0, 0.05) is 31.0 Å². The molecule has 3 rings (SSSR count). The van der Waals surface area contributed by atoms with Crippen molar-refractivity contribution in [3.63, 3.8) is 0 Å². The SMILES string of the molecule is CN(C(=O)c1ccc2nccnc2c1)C1CCCCC1Cl. The van der Waals surface area contributed by atoms with Gasteiger partial charge < -0.3 is 4.90 Å². The molecule has 0 spiro atoms. The van der Waals surface area contributed by atoms with Crippen LogP contribution in [0.4, 0.5) is 0 Å². The Balaban J connectivity index is 1.85. The minimum atomic E-state index is 0.0000954. The summed E-state index contributed by atoms with van der Waals surface area (Å²) in [6.07, 6.45) is 7.52. The van der Waals surface area contributed by atoms with Crippen molar-refractivity contribution in [2.45, 2.75) is 37.1 Å². The Hall–Kier alpha value is -1.68. The number of nitrogens with zero attached hydrogens (tertiary/aromatic N) is 3. The first-order valence-electron chi connectivity index (χ1n) is 7.29. The number of fused-ring (bicyclic) bond motifs is 1. The van der Waals surface area contributed by atoms with Gasteiger partial charge in [0.25, 0.3) is 5.91 Å². The third-order valence-corrected chi connectivity index (χ3v) is 4.69. The van der Waals surface area contributed by atoms with Gasteiger partial charge in [-0.2, -0.15) is 0 Å². The molecule has 0 aliphatic heterocycles. The molecule has 4 nitrogen and oxygen atoms in total. The molecule has 1 aliphatic carbocycles. The summed E-state index contributed by atoms with van der Waals surface area (Å²) in [6, 6.07) is 5.56. The number of alkyl halides is 1. The number of carbonyl (C=O) groups is 1. The van der Waals surface area contributed by atoms with Crippen molar-refractivity contribution in [1.82, 2.24) is 14.9 Å². The Morgan fingerprint density at radius 3 is 2.67 bits per heavy atom. The van der Waals surface area contributed by atoms with Crippen LogP contribution in [-0.4, -0.2) is 39.2 Å². The number of benzene rings is 1. The van der Waals surface area contributed by atoms with Crippen LogP contribution < -0.4 is 0 Å². The third kappa shape index (κ3) is 2.86. The van der Waals surface area contributed by atoms with Crippen molar-refractivity contribution in [2.75, 3.05) is 7.05 Å². The lowest BCUT2D eigenvalue weighted by atomic mass is 9.93. The van der Waals surface area contributed by atoms with Crippen molar-refractivity contribution in [3.05, 3.63) is 36.2 Å². The molecule has 1 fully saturated rings. The Labute approximate surface area is 129 Å². The van der Waals surface area contributed by atoms with Crippen molar-refractivity contribution >= 4 is 28.5 Å². The lowest BCUT2D eigenvalue weighted by Crippen LogP contribution is -2.44.